The maximum atomic E-state index is 14.4. The van der Waals surface area contributed by atoms with Crippen molar-refractivity contribution in [1.29, 1.82) is 0 Å². The van der Waals surface area contributed by atoms with Gasteiger partial charge in [-0.15, -0.1) is 0 Å². The van der Waals surface area contributed by atoms with E-state index < -0.39 is 29.7 Å². The maximum Gasteiger partial charge on any atom is 0.257 e. The van der Waals surface area contributed by atoms with Gasteiger partial charge in [-0.1, -0.05) is 105 Å². The van der Waals surface area contributed by atoms with Gasteiger partial charge in [0.25, 0.3) is 11.8 Å². The van der Waals surface area contributed by atoms with E-state index in [2.05, 4.69) is 30.4 Å². The largest absolute Gasteiger partial charge is 0.350 e. The smallest absolute Gasteiger partial charge is 0.257 e. The lowest BCUT2D eigenvalue weighted by molar-refractivity contribution is -0.132. The highest BCUT2D eigenvalue weighted by Gasteiger charge is 2.44. The molecule has 3 amide bonds. The molecule has 0 aromatic heterocycles. The molecular weight excluding hydrogens is 462 g/mol. The predicted octanol–water partition coefficient (Wildman–Crippen LogP) is 5.23. The number of anilines is 2. The molecule has 2 unspecified atom stereocenters. The maximum absolute atomic E-state index is 14.4. The molecule has 6 nitrogen and oxygen atoms in total. The van der Waals surface area contributed by atoms with Gasteiger partial charge in [-0.25, -0.2) is 0 Å². The SMILES string of the molecule is C=C/C=C\C(=C)CNC(=O)C1C(=O)Nc2ccccc2N1C(=O)C(C(/C=C\C=C)=C/C)c1ccccc1. The fourth-order valence-electron chi connectivity index (χ4n) is 4.09. The first-order valence-corrected chi connectivity index (χ1v) is 11.9. The van der Waals surface area contributed by atoms with Gasteiger partial charge in [-0.3, -0.25) is 19.3 Å². The van der Waals surface area contributed by atoms with Gasteiger partial charge in [0.1, 0.15) is 0 Å². The molecule has 2 N–H and O–H groups in total. The first-order valence-electron chi connectivity index (χ1n) is 11.9. The number of nitrogens with zero attached hydrogens (tertiary/aromatic N) is 1. The molecule has 0 fully saturated rings. The Balaban J connectivity index is 2.09. The van der Waals surface area contributed by atoms with E-state index in [4.69, 9.17) is 0 Å². The topological polar surface area (TPSA) is 78.5 Å². The summed E-state index contributed by atoms with van der Waals surface area (Å²) >= 11 is 0. The molecule has 0 spiro atoms. The second-order valence-electron chi connectivity index (χ2n) is 8.32. The minimum atomic E-state index is -1.41. The van der Waals surface area contributed by atoms with Gasteiger partial charge >= 0.3 is 0 Å². The molecule has 1 aliphatic heterocycles. The van der Waals surface area contributed by atoms with Crippen LogP contribution in [0.25, 0.3) is 0 Å². The third kappa shape index (κ3) is 6.30. The van der Waals surface area contributed by atoms with Gasteiger partial charge in [-0.05, 0) is 35.8 Å². The zero-order chi connectivity index (χ0) is 26.8. The van der Waals surface area contributed by atoms with Crippen LogP contribution in [0.3, 0.4) is 0 Å². The fraction of sp³-hybridized carbons (Fsp3) is 0.129. The van der Waals surface area contributed by atoms with Crippen LogP contribution in [-0.4, -0.2) is 30.3 Å². The molecule has 6 heteroatoms. The summed E-state index contributed by atoms with van der Waals surface area (Å²) in [4.78, 5) is 42.3. The van der Waals surface area contributed by atoms with Gasteiger partial charge in [0.05, 0.1) is 17.3 Å². The van der Waals surface area contributed by atoms with Gasteiger partial charge < -0.3 is 10.6 Å². The molecule has 3 rings (SSSR count). The zero-order valence-electron chi connectivity index (χ0n) is 20.9. The van der Waals surface area contributed by atoms with Crippen molar-refractivity contribution in [1.82, 2.24) is 5.32 Å². The van der Waals surface area contributed by atoms with Crippen LogP contribution < -0.4 is 15.5 Å². The lowest BCUT2D eigenvalue weighted by Crippen LogP contribution is -2.59. The van der Waals surface area contributed by atoms with Crippen LogP contribution >= 0.6 is 0 Å². The Kier molecular flexibility index (Phi) is 9.33. The van der Waals surface area contributed by atoms with Gasteiger partial charge in [-0.2, -0.15) is 0 Å². The van der Waals surface area contributed by atoms with Crippen molar-refractivity contribution in [2.45, 2.75) is 18.9 Å². The van der Waals surface area contributed by atoms with Crippen molar-refractivity contribution >= 4 is 29.1 Å². The Morgan fingerprint density at radius 3 is 2.35 bits per heavy atom. The third-order valence-electron chi connectivity index (χ3n) is 5.84. The summed E-state index contributed by atoms with van der Waals surface area (Å²) in [5.41, 5.74) is 2.97. The summed E-state index contributed by atoms with van der Waals surface area (Å²) in [5.74, 6) is -2.36. The number of fused-ring (bicyclic) bond motifs is 1. The zero-order valence-corrected chi connectivity index (χ0v) is 20.9. The lowest BCUT2D eigenvalue weighted by Gasteiger charge is -2.37. The van der Waals surface area contributed by atoms with Crippen molar-refractivity contribution in [3.8, 4) is 0 Å². The molecule has 2 atom stereocenters. The van der Waals surface area contributed by atoms with Gasteiger partial charge in [0.2, 0.25) is 5.91 Å². The summed E-state index contributed by atoms with van der Waals surface area (Å²) in [5, 5.41) is 5.51. The number of para-hydroxylation sites is 2. The highest BCUT2D eigenvalue weighted by molar-refractivity contribution is 6.22. The number of hydrogen-bond acceptors (Lipinski definition) is 3. The quantitative estimate of drug-likeness (QED) is 0.352. The van der Waals surface area contributed by atoms with Crippen molar-refractivity contribution in [3.05, 3.63) is 134 Å². The molecule has 0 bridgehead atoms. The number of benzene rings is 2. The Morgan fingerprint density at radius 2 is 1.68 bits per heavy atom. The molecular formula is C31H31N3O3. The first-order chi connectivity index (χ1) is 17.9. The Labute approximate surface area is 218 Å². The van der Waals surface area contributed by atoms with Gasteiger partial charge in [0, 0.05) is 6.54 Å². The van der Waals surface area contributed by atoms with E-state index in [1.807, 2.05) is 49.4 Å². The average molecular weight is 494 g/mol. The highest BCUT2D eigenvalue weighted by atomic mass is 16.2. The summed E-state index contributed by atoms with van der Waals surface area (Å²) in [7, 11) is 0. The van der Waals surface area contributed by atoms with Crippen LogP contribution in [0.15, 0.2) is 128 Å². The summed E-state index contributed by atoms with van der Waals surface area (Å²) < 4.78 is 0. The number of carbonyl (C=O) groups is 3. The lowest BCUT2D eigenvalue weighted by atomic mass is 9.88. The number of carbonyl (C=O) groups excluding carboxylic acids is 3. The normalized spacial score (nSPS) is 16.1. The van der Waals surface area contributed by atoms with Crippen molar-refractivity contribution in [3.63, 3.8) is 0 Å². The summed E-state index contributed by atoms with van der Waals surface area (Å²) in [6, 6.07) is 14.8. The minimum Gasteiger partial charge on any atom is -0.350 e. The number of amides is 3. The molecule has 188 valence electrons. The molecule has 0 saturated carbocycles. The van der Waals surface area contributed by atoms with E-state index in [-0.39, 0.29) is 6.54 Å². The molecule has 0 aliphatic carbocycles. The molecule has 0 saturated heterocycles. The Morgan fingerprint density at radius 1 is 1.03 bits per heavy atom. The number of allylic oxidation sites excluding steroid dienone is 6. The van der Waals surface area contributed by atoms with Crippen LogP contribution in [0.2, 0.25) is 0 Å². The van der Waals surface area contributed by atoms with Crippen molar-refractivity contribution in [2.24, 2.45) is 0 Å². The molecule has 2 aromatic rings. The van der Waals surface area contributed by atoms with E-state index in [1.54, 1.807) is 54.6 Å². The molecule has 37 heavy (non-hydrogen) atoms. The van der Waals surface area contributed by atoms with E-state index in [0.717, 1.165) is 5.56 Å². The fourth-order valence-corrected chi connectivity index (χ4v) is 4.09. The molecule has 1 heterocycles. The molecule has 1 aliphatic rings. The van der Waals surface area contributed by atoms with E-state index in [1.165, 1.54) is 4.90 Å². The van der Waals surface area contributed by atoms with E-state index >= 15 is 0 Å². The van der Waals surface area contributed by atoms with Crippen molar-refractivity contribution < 1.29 is 14.4 Å². The summed E-state index contributed by atoms with van der Waals surface area (Å²) in [6.07, 6.45) is 12.0. The van der Waals surface area contributed by atoms with Crippen LogP contribution in [0.5, 0.6) is 0 Å². The standard InChI is InChI=1S/C31H31N3O3/c1-5-8-15-22(4)21-32-29(35)28-30(36)33-25-19-13-14-20-26(25)34(28)31(37)27(23(7-3)16-9-6-2)24-17-11-10-12-18-24/h5-20,27-28H,1-2,4,21H2,3H3,(H,32,35)(H,33,36)/b15-8-,16-9-,23-7+. The molecule has 0 radical (unpaired) electrons. The van der Waals surface area contributed by atoms with Crippen LogP contribution in [-0.2, 0) is 14.4 Å². The monoisotopic (exact) mass is 493 g/mol. The van der Waals surface area contributed by atoms with Crippen LogP contribution in [0.1, 0.15) is 18.4 Å². The molecule has 2 aromatic carbocycles. The second kappa shape index (κ2) is 12.8. The van der Waals surface area contributed by atoms with Crippen molar-refractivity contribution in [2.75, 3.05) is 16.8 Å². The first kappa shape index (κ1) is 26.9. The number of rotatable bonds is 10. The Hall–Kier alpha value is -4.71. The number of hydrogen-bond donors (Lipinski definition) is 2. The van der Waals surface area contributed by atoms with Gasteiger partial charge in [0.15, 0.2) is 6.04 Å². The second-order valence-corrected chi connectivity index (χ2v) is 8.32. The summed E-state index contributed by atoms with van der Waals surface area (Å²) in [6.45, 7) is 13.2. The Bertz CT molecular complexity index is 1290. The van der Waals surface area contributed by atoms with Crippen LogP contribution in [0.4, 0.5) is 11.4 Å². The van der Waals surface area contributed by atoms with Crippen LogP contribution in [0, 0.1) is 0 Å². The highest BCUT2D eigenvalue weighted by Crippen LogP contribution is 2.37. The third-order valence-corrected chi connectivity index (χ3v) is 5.84. The minimum absolute atomic E-state index is 0.112. The average Bonchev–Trinajstić information content (AvgIpc) is 2.92. The number of nitrogens with one attached hydrogen (secondary N) is 2. The van der Waals surface area contributed by atoms with E-state index in [0.29, 0.717) is 22.5 Å². The van der Waals surface area contributed by atoms with E-state index in [9.17, 15) is 14.4 Å². The predicted molar refractivity (Wildman–Crippen MR) is 150 cm³/mol.